The summed E-state index contributed by atoms with van der Waals surface area (Å²) in [5.74, 6) is 1.19. The van der Waals surface area contributed by atoms with E-state index in [4.69, 9.17) is 18.9 Å². The van der Waals surface area contributed by atoms with E-state index in [-0.39, 0.29) is 31.0 Å². The van der Waals surface area contributed by atoms with Crippen molar-refractivity contribution in [2.75, 3.05) is 32.2 Å². The molecule has 0 aliphatic carbocycles. The number of hydrogen-bond donors (Lipinski definition) is 0. The van der Waals surface area contributed by atoms with E-state index in [0.29, 0.717) is 35.9 Å². The molecule has 1 aliphatic rings. The Morgan fingerprint density at radius 3 is 2.48 bits per heavy atom. The number of likely N-dealkylation sites (N-methyl/N-ethyl adjacent to an activating group) is 1. The van der Waals surface area contributed by atoms with Crippen molar-refractivity contribution in [2.24, 2.45) is 0 Å². The molecule has 44 heavy (non-hydrogen) atoms. The summed E-state index contributed by atoms with van der Waals surface area (Å²) in [7, 11) is 3.58. The molecule has 0 bridgehead atoms. The highest BCUT2D eigenvalue weighted by Gasteiger charge is 2.25. The Balaban J connectivity index is 1.20. The van der Waals surface area contributed by atoms with Crippen LogP contribution in [0.2, 0.25) is 0 Å². The van der Waals surface area contributed by atoms with Crippen LogP contribution in [-0.2, 0) is 22.6 Å². The Morgan fingerprint density at radius 1 is 0.909 bits per heavy atom. The molecule has 0 amide bonds. The van der Waals surface area contributed by atoms with Crippen LogP contribution in [0.1, 0.15) is 27.2 Å². The summed E-state index contributed by atoms with van der Waals surface area (Å²) in [5, 5.41) is 0.834. The van der Waals surface area contributed by atoms with E-state index in [0.717, 1.165) is 33.5 Å². The molecule has 0 saturated carbocycles. The van der Waals surface area contributed by atoms with Crippen molar-refractivity contribution in [1.29, 1.82) is 0 Å². The third-order valence-corrected chi connectivity index (χ3v) is 7.89. The number of rotatable bonds is 9. The van der Waals surface area contributed by atoms with Gasteiger partial charge in [0.25, 0.3) is 5.91 Å². The number of para-hydroxylation sites is 3. The van der Waals surface area contributed by atoms with Crippen LogP contribution >= 0.6 is 0 Å². The summed E-state index contributed by atoms with van der Waals surface area (Å²) in [6.07, 6.45) is -0.119. The number of nitrogens with zero attached hydrogens (tertiary/aromatic N) is 2. The Bertz CT molecular complexity index is 1810. The topological polar surface area (TPSA) is 79.2 Å². The minimum Gasteiger partial charge on any atom is -0.493 e. The second kappa shape index (κ2) is 12.6. The van der Waals surface area contributed by atoms with E-state index >= 15 is 0 Å². The molecule has 0 fully saturated rings. The van der Waals surface area contributed by atoms with Gasteiger partial charge in [0.15, 0.2) is 11.5 Å². The second-order valence-corrected chi connectivity index (χ2v) is 10.8. The van der Waals surface area contributed by atoms with Gasteiger partial charge in [0.05, 0.1) is 31.3 Å². The molecule has 0 saturated heterocycles. The lowest BCUT2D eigenvalue weighted by molar-refractivity contribution is -0.144. The monoisotopic (exact) mass is 590 g/mol. The SMILES string of the molecule is COc1cc(C(=O)n2c(C)c(CC(=O)OCc3ccccc3)c3ccccc32)ccc1OC[C@@H]1CN(C)c2ccccc2O1. The normalized spacial score (nSPS) is 14.1. The fraction of sp³-hybridized carbons (Fsp3) is 0.222. The van der Waals surface area contributed by atoms with Crippen LogP contribution in [-0.4, -0.2) is 49.9 Å². The molecule has 1 aliphatic heterocycles. The first-order valence-corrected chi connectivity index (χ1v) is 14.5. The Hall–Kier alpha value is -5.24. The zero-order valence-electron chi connectivity index (χ0n) is 25.0. The highest BCUT2D eigenvalue weighted by molar-refractivity contribution is 6.05. The molecule has 0 unspecified atom stereocenters. The first kappa shape index (κ1) is 28.9. The Kier molecular flexibility index (Phi) is 8.23. The highest BCUT2D eigenvalue weighted by atomic mass is 16.5. The average Bonchev–Trinajstić information content (AvgIpc) is 3.33. The molecule has 5 aromatic rings. The number of fused-ring (bicyclic) bond motifs is 2. The number of methoxy groups -OCH3 is 1. The zero-order chi connectivity index (χ0) is 30.6. The number of aromatic nitrogens is 1. The maximum absolute atomic E-state index is 14.0. The van der Waals surface area contributed by atoms with E-state index in [1.54, 1.807) is 29.9 Å². The minimum atomic E-state index is -0.355. The summed E-state index contributed by atoms with van der Waals surface area (Å²) in [6.45, 7) is 3.04. The fourth-order valence-corrected chi connectivity index (χ4v) is 5.66. The lowest BCUT2D eigenvalue weighted by atomic mass is 10.1. The number of ether oxygens (including phenoxy) is 4. The van der Waals surface area contributed by atoms with Gasteiger partial charge >= 0.3 is 5.97 Å². The molecule has 1 aromatic heterocycles. The maximum Gasteiger partial charge on any atom is 0.310 e. The molecule has 2 heterocycles. The number of carbonyl (C=O) groups is 2. The smallest absolute Gasteiger partial charge is 0.310 e. The van der Waals surface area contributed by atoms with Crippen LogP contribution < -0.4 is 19.1 Å². The van der Waals surface area contributed by atoms with Gasteiger partial charge in [-0.15, -0.1) is 0 Å². The van der Waals surface area contributed by atoms with Crippen molar-refractivity contribution in [3.63, 3.8) is 0 Å². The summed E-state index contributed by atoms with van der Waals surface area (Å²) < 4.78 is 25.1. The van der Waals surface area contributed by atoms with Gasteiger partial charge in [-0.3, -0.25) is 14.2 Å². The molecule has 0 N–H and O–H groups in total. The van der Waals surface area contributed by atoms with Gasteiger partial charge in [-0.25, -0.2) is 0 Å². The molecule has 8 heteroatoms. The third-order valence-electron chi connectivity index (χ3n) is 7.89. The standard InChI is InChI=1S/C36H34N2O6/c1-24-29(20-35(39)43-22-25-11-5-4-6-12-25)28-13-7-8-14-30(28)38(24)36(40)26-17-18-33(34(19-26)41-3)42-23-27-21-37(2)31-15-9-10-16-32(31)44-27/h4-19,27H,20-23H2,1-3H3/t27-/m0/s1. The van der Waals surface area contributed by atoms with Crippen molar-refractivity contribution >= 4 is 28.5 Å². The average molecular weight is 591 g/mol. The Labute approximate surface area is 256 Å². The first-order chi connectivity index (χ1) is 21.4. The van der Waals surface area contributed by atoms with Crippen molar-refractivity contribution < 1.29 is 28.5 Å². The predicted octanol–water partition coefficient (Wildman–Crippen LogP) is 6.21. The zero-order valence-corrected chi connectivity index (χ0v) is 25.0. The van der Waals surface area contributed by atoms with Crippen LogP contribution in [0.25, 0.3) is 10.9 Å². The second-order valence-electron chi connectivity index (χ2n) is 10.8. The van der Waals surface area contributed by atoms with E-state index in [9.17, 15) is 9.59 Å². The summed E-state index contributed by atoms with van der Waals surface area (Å²) in [6, 6.07) is 30.2. The summed E-state index contributed by atoms with van der Waals surface area (Å²) in [5.41, 5.74) is 4.56. The lowest BCUT2D eigenvalue weighted by Gasteiger charge is -2.33. The number of hydrogen-bond acceptors (Lipinski definition) is 7. The van der Waals surface area contributed by atoms with Gasteiger partial charge in [0.1, 0.15) is 25.1 Å². The minimum absolute atomic E-state index is 0.0540. The van der Waals surface area contributed by atoms with Gasteiger partial charge in [0.2, 0.25) is 0 Å². The quantitative estimate of drug-likeness (QED) is 0.189. The van der Waals surface area contributed by atoms with Gasteiger partial charge in [-0.05, 0) is 54.4 Å². The Morgan fingerprint density at radius 2 is 1.66 bits per heavy atom. The number of esters is 1. The van der Waals surface area contributed by atoms with Crippen LogP contribution in [0.4, 0.5) is 5.69 Å². The van der Waals surface area contributed by atoms with Crippen molar-refractivity contribution in [3.05, 3.63) is 119 Å². The molecule has 0 radical (unpaired) electrons. The summed E-state index contributed by atoms with van der Waals surface area (Å²) in [4.78, 5) is 28.9. The fourth-order valence-electron chi connectivity index (χ4n) is 5.66. The van der Waals surface area contributed by atoms with Gasteiger partial charge in [-0.2, -0.15) is 0 Å². The van der Waals surface area contributed by atoms with Gasteiger partial charge < -0.3 is 23.8 Å². The van der Waals surface area contributed by atoms with E-state index < -0.39 is 0 Å². The molecule has 0 spiro atoms. The molecule has 224 valence electrons. The van der Waals surface area contributed by atoms with Crippen molar-refractivity contribution in [2.45, 2.75) is 26.1 Å². The third kappa shape index (κ3) is 5.83. The first-order valence-electron chi connectivity index (χ1n) is 14.5. The lowest BCUT2D eigenvalue weighted by Crippen LogP contribution is -2.41. The van der Waals surface area contributed by atoms with Crippen LogP contribution in [0.5, 0.6) is 17.2 Å². The number of carbonyl (C=O) groups excluding carboxylic acids is 2. The van der Waals surface area contributed by atoms with Gasteiger partial charge in [-0.1, -0.05) is 60.7 Å². The van der Waals surface area contributed by atoms with Crippen LogP contribution in [0.3, 0.4) is 0 Å². The van der Waals surface area contributed by atoms with E-state index in [1.165, 1.54) is 0 Å². The van der Waals surface area contributed by atoms with Crippen LogP contribution in [0, 0.1) is 6.92 Å². The molecule has 6 rings (SSSR count). The molecule has 8 nitrogen and oxygen atoms in total. The van der Waals surface area contributed by atoms with Crippen molar-refractivity contribution in [1.82, 2.24) is 4.57 Å². The van der Waals surface area contributed by atoms with Gasteiger partial charge in [0, 0.05) is 23.7 Å². The molecular weight excluding hydrogens is 556 g/mol. The van der Waals surface area contributed by atoms with Crippen molar-refractivity contribution in [3.8, 4) is 17.2 Å². The number of benzene rings is 4. The maximum atomic E-state index is 14.0. The molecule has 1 atom stereocenters. The van der Waals surface area contributed by atoms with E-state index in [1.807, 2.05) is 92.8 Å². The highest BCUT2D eigenvalue weighted by Crippen LogP contribution is 2.34. The summed E-state index contributed by atoms with van der Waals surface area (Å²) >= 11 is 0. The molecular formula is C36H34N2O6. The number of anilines is 1. The van der Waals surface area contributed by atoms with E-state index in [2.05, 4.69) is 4.90 Å². The van der Waals surface area contributed by atoms with Crippen LogP contribution in [0.15, 0.2) is 97.1 Å². The largest absolute Gasteiger partial charge is 0.493 e. The molecule has 4 aromatic carbocycles. The predicted molar refractivity (Wildman–Crippen MR) is 169 cm³/mol.